The minimum atomic E-state index is -3.35. The van der Waals surface area contributed by atoms with Gasteiger partial charge in [0, 0.05) is 0 Å². The second-order valence-corrected chi connectivity index (χ2v) is 2.52. The Kier molecular flexibility index (Phi) is 3.64. The molecule has 2 N–H and O–H groups in total. The molecule has 0 amide bonds. The molecule has 1 rings (SSSR count). The van der Waals surface area contributed by atoms with Crippen LogP contribution >= 0.6 is 0 Å². The van der Waals surface area contributed by atoms with Gasteiger partial charge < -0.3 is 19.7 Å². The predicted octanol–water partition coefficient (Wildman–Crippen LogP) is 2.30. The number of alkyl halides is 4. The van der Waals surface area contributed by atoms with E-state index in [4.69, 9.17) is 10.2 Å². The minimum absolute atomic E-state index is 0.763. The lowest BCUT2D eigenvalue weighted by molar-refractivity contribution is -0.0703. The van der Waals surface area contributed by atoms with Crippen molar-refractivity contribution in [1.29, 1.82) is 0 Å². The van der Waals surface area contributed by atoms with Crippen molar-refractivity contribution >= 4 is 0 Å². The molecule has 0 spiro atoms. The van der Waals surface area contributed by atoms with Crippen molar-refractivity contribution in [2.24, 2.45) is 0 Å². The number of halogens is 4. The van der Waals surface area contributed by atoms with Crippen LogP contribution in [0.5, 0.6) is 23.0 Å². The number of benzene rings is 1. The average molecular weight is 242 g/mol. The summed E-state index contributed by atoms with van der Waals surface area (Å²) in [7, 11) is 0. The number of rotatable bonds is 4. The summed E-state index contributed by atoms with van der Waals surface area (Å²) in [5.41, 5.74) is 0. The molecule has 1 aromatic rings. The molecule has 0 saturated carbocycles. The number of phenolic OH excluding ortho intramolecular Hbond substituents is 2. The van der Waals surface area contributed by atoms with E-state index in [-0.39, 0.29) is 0 Å². The summed E-state index contributed by atoms with van der Waals surface area (Å²) in [6.45, 7) is -6.63. The lowest BCUT2D eigenvalue weighted by Gasteiger charge is -2.13. The molecule has 4 nitrogen and oxygen atoms in total. The molecular formula is C8H6F4O4. The zero-order chi connectivity index (χ0) is 12.3. The fraction of sp³-hybridized carbons (Fsp3) is 0.250. The van der Waals surface area contributed by atoms with Gasteiger partial charge in [-0.15, -0.1) is 0 Å². The third-order valence-electron chi connectivity index (χ3n) is 1.50. The smallest absolute Gasteiger partial charge is 0.387 e. The van der Waals surface area contributed by atoms with E-state index in [2.05, 4.69) is 9.47 Å². The number of aromatic hydroxyl groups is 2. The summed E-state index contributed by atoms with van der Waals surface area (Å²) in [6.07, 6.45) is 0. The number of hydrogen-bond donors (Lipinski definition) is 2. The third-order valence-corrected chi connectivity index (χ3v) is 1.50. The van der Waals surface area contributed by atoms with E-state index in [9.17, 15) is 17.6 Å². The Labute approximate surface area is 86.6 Å². The number of ether oxygens (including phenoxy) is 2. The minimum Gasteiger partial charge on any atom is -0.504 e. The van der Waals surface area contributed by atoms with Crippen LogP contribution in [0.2, 0.25) is 0 Å². The van der Waals surface area contributed by atoms with Gasteiger partial charge in [0.25, 0.3) is 0 Å². The Balaban J connectivity index is 3.11. The molecule has 0 aliphatic heterocycles. The summed E-state index contributed by atoms with van der Waals surface area (Å²) in [6, 6.07) is 1.56. The predicted molar refractivity (Wildman–Crippen MR) is 43.0 cm³/mol. The largest absolute Gasteiger partial charge is 0.504 e. The highest BCUT2D eigenvalue weighted by Crippen LogP contribution is 2.43. The Hall–Kier alpha value is -1.86. The first-order valence-corrected chi connectivity index (χ1v) is 3.86. The van der Waals surface area contributed by atoms with Crippen LogP contribution in [0.25, 0.3) is 0 Å². The lowest BCUT2D eigenvalue weighted by Crippen LogP contribution is -2.07. The van der Waals surface area contributed by atoms with E-state index >= 15 is 0 Å². The van der Waals surface area contributed by atoms with E-state index in [1.165, 1.54) is 0 Å². The molecule has 0 aliphatic rings. The van der Waals surface area contributed by atoms with Gasteiger partial charge in [0.2, 0.25) is 11.5 Å². The zero-order valence-corrected chi connectivity index (χ0v) is 7.53. The van der Waals surface area contributed by atoms with Gasteiger partial charge in [-0.1, -0.05) is 0 Å². The van der Waals surface area contributed by atoms with Gasteiger partial charge in [-0.05, 0) is 12.1 Å². The molecule has 90 valence electrons. The second-order valence-electron chi connectivity index (χ2n) is 2.52. The molecule has 0 aromatic heterocycles. The quantitative estimate of drug-likeness (QED) is 0.628. The maximum atomic E-state index is 11.9. The van der Waals surface area contributed by atoms with E-state index in [0.717, 1.165) is 12.1 Å². The van der Waals surface area contributed by atoms with Gasteiger partial charge in [-0.25, -0.2) is 0 Å². The SMILES string of the molecule is Oc1ccc(OC(F)F)c(OC(F)F)c1O. The Morgan fingerprint density at radius 1 is 0.938 bits per heavy atom. The second kappa shape index (κ2) is 4.77. The molecule has 0 radical (unpaired) electrons. The van der Waals surface area contributed by atoms with E-state index < -0.39 is 36.2 Å². The summed E-state index contributed by atoms with van der Waals surface area (Å²) in [5.74, 6) is -3.74. The lowest BCUT2D eigenvalue weighted by atomic mass is 10.2. The first kappa shape index (κ1) is 12.2. The number of phenols is 2. The van der Waals surface area contributed by atoms with Crippen molar-refractivity contribution < 1.29 is 37.2 Å². The van der Waals surface area contributed by atoms with Crippen LogP contribution in [-0.4, -0.2) is 23.4 Å². The summed E-state index contributed by atoms with van der Waals surface area (Å²) in [5, 5.41) is 18.1. The van der Waals surface area contributed by atoms with Gasteiger partial charge >= 0.3 is 13.2 Å². The van der Waals surface area contributed by atoms with Gasteiger partial charge in [0.05, 0.1) is 0 Å². The van der Waals surface area contributed by atoms with Gasteiger partial charge in [0.15, 0.2) is 11.5 Å². The Morgan fingerprint density at radius 3 is 2.00 bits per heavy atom. The average Bonchev–Trinajstić information content (AvgIpc) is 2.16. The summed E-state index contributed by atoms with van der Waals surface area (Å²) in [4.78, 5) is 0. The van der Waals surface area contributed by atoms with Crippen molar-refractivity contribution in [3.63, 3.8) is 0 Å². The van der Waals surface area contributed by atoms with Crippen molar-refractivity contribution in [3.05, 3.63) is 12.1 Å². The molecule has 0 fully saturated rings. The van der Waals surface area contributed by atoms with E-state index in [1.807, 2.05) is 0 Å². The Morgan fingerprint density at radius 2 is 1.50 bits per heavy atom. The van der Waals surface area contributed by atoms with E-state index in [1.54, 1.807) is 0 Å². The fourth-order valence-electron chi connectivity index (χ4n) is 0.934. The standard InChI is InChI=1S/C8H6F4O4/c9-7(10)15-4-2-1-3(13)5(14)6(4)16-8(11)12/h1-2,7-8,13-14H. The maximum absolute atomic E-state index is 11.9. The highest BCUT2D eigenvalue weighted by atomic mass is 19.3. The highest BCUT2D eigenvalue weighted by Gasteiger charge is 2.20. The molecule has 1 aromatic carbocycles. The van der Waals surface area contributed by atoms with Crippen molar-refractivity contribution in [1.82, 2.24) is 0 Å². The van der Waals surface area contributed by atoms with Gasteiger partial charge in [0.1, 0.15) is 0 Å². The van der Waals surface area contributed by atoms with Crippen LogP contribution < -0.4 is 9.47 Å². The molecular weight excluding hydrogens is 236 g/mol. The van der Waals surface area contributed by atoms with Crippen LogP contribution in [0.1, 0.15) is 0 Å². The highest BCUT2D eigenvalue weighted by molar-refractivity contribution is 5.57. The first-order valence-electron chi connectivity index (χ1n) is 3.86. The molecule has 0 saturated heterocycles. The molecule has 0 aliphatic carbocycles. The van der Waals surface area contributed by atoms with Crippen molar-refractivity contribution in [3.8, 4) is 23.0 Å². The molecule has 0 heterocycles. The fourth-order valence-corrected chi connectivity index (χ4v) is 0.934. The normalized spacial score (nSPS) is 10.9. The molecule has 0 bridgehead atoms. The monoisotopic (exact) mass is 242 g/mol. The van der Waals surface area contributed by atoms with Gasteiger partial charge in [-0.3, -0.25) is 0 Å². The molecule has 0 unspecified atom stereocenters. The maximum Gasteiger partial charge on any atom is 0.387 e. The third kappa shape index (κ3) is 2.81. The van der Waals surface area contributed by atoms with E-state index in [0.29, 0.717) is 0 Å². The van der Waals surface area contributed by atoms with Crippen LogP contribution in [0, 0.1) is 0 Å². The van der Waals surface area contributed by atoms with Crippen LogP contribution in [0.3, 0.4) is 0 Å². The molecule has 0 atom stereocenters. The molecule has 8 heteroatoms. The van der Waals surface area contributed by atoms with Crippen LogP contribution in [0.4, 0.5) is 17.6 Å². The molecule has 16 heavy (non-hydrogen) atoms. The summed E-state index contributed by atoms with van der Waals surface area (Å²) < 4.78 is 55.1. The first-order chi connectivity index (χ1) is 7.41. The zero-order valence-electron chi connectivity index (χ0n) is 7.53. The van der Waals surface area contributed by atoms with Crippen molar-refractivity contribution in [2.75, 3.05) is 0 Å². The summed E-state index contributed by atoms with van der Waals surface area (Å²) >= 11 is 0. The van der Waals surface area contributed by atoms with Crippen LogP contribution in [-0.2, 0) is 0 Å². The topological polar surface area (TPSA) is 58.9 Å². The Bertz CT molecular complexity index is 369. The van der Waals surface area contributed by atoms with Crippen molar-refractivity contribution in [2.45, 2.75) is 13.2 Å². The van der Waals surface area contributed by atoms with Crippen LogP contribution in [0.15, 0.2) is 12.1 Å². The number of hydrogen-bond acceptors (Lipinski definition) is 4. The van der Waals surface area contributed by atoms with Gasteiger partial charge in [-0.2, -0.15) is 17.6 Å².